The Morgan fingerprint density at radius 2 is 1.83 bits per heavy atom. The molecule has 3 aromatic rings. The number of hydrogen-bond donors (Lipinski definition) is 2. The van der Waals surface area contributed by atoms with Gasteiger partial charge in [-0.05, 0) is 36.2 Å². The van der Waals surface area contributed by atoms with Crippen molar-refractivity contribution in [1.29, 1.82) is 0 Å². The monoisotopic (exact) mass is 529 g/mol. The molecule has 1 heterocycles. The first kappa shape index (κ1) is 23.1. The zero-order chi connectivity index (χ0) is 19.8. The molecule has 0 aliphatic carbocycles. The summed E-state index contributed by atoms with van der Waals surface area (Å²) in [4.78, 5) is 8.57. The lowest BCUT2D eigenvalue weighted by molar-refractivity contribution is 0.378. The van der Waals surface area contributed by atoms with Gasteiger partial charge in [-0.15, -0.1) is 24.0 Å². The van der Waals surface area contributed by atoms with Crippen LogP contribution in [0, 0.1) is 5.82 Å². The maximum Gasteiger partial charge on any atom is 0.228 e. The van der Waals surface area contributed by atoms with Gasteiger partial charge in [0.2, 0.25) is 11.7 Å². The van der Waals surface area contributed by atoms with E-state index in [0.29, 0.717) is 42.2 Å². The Balaban J connectivity index is 0.00000300. The average molecular weight is 530 g/mol. The number of nitrogens with zero attached hydrogens (tertiary/aromatic N) is 3. The highest BCUT2D eigenvalue weighted by molar-refractivity contribution is 14.0. The van der Waals surface area contributed by atoms with Crippen LogP contribution < -0.4 is 10.6 Å². The van der Waals surface area contributed by atoms with Crippen LogP contribution >= 0.6 is 35.6 Å². The molecule has 0 bridgehead atoms. The molecule has 0 saturated heterocycles. The van der Waals surface area contributed by atoms with E-state index in [1.54, 1.807) is 31.3 Å². The van der Waals surface area contributed by atoms with Gasteiger partial charge in [-0.2, -0.15) is 4.98 Å². The number of aromatic nitrogens is 2. The highest BCUT2D eigenvalue weighted by Gasteiger charge is 2.09. The smallest absolute Gasteiger partial charge is 0.228 e. The van der Waals surface area contributed by atoms with Crippen LogP contribution in [-0.2, 0) is 12.8 Å². The molecule has 0 unspecified atom stereocenters. The number of benzene rings is 2. The van der Waals surface area contributed by atoms with Gasteiger partial charge in [-0.1, -0.05) is 41.0 Å². The predicted molar refractivity (Wildman–Crippen MR) is 123 cm³/mol. The van der Waals surface area contributed by atoms with Crippen LogP contribution in [0.25, 0.3) is 11.4 Å². The topological polar surface area (TPSA) is 75.3 Å². The van der Waals surface area contributed by atoms with E-state index in [0.717, 1.165) is 17.5 Å². The summed E-state index contributed by atoms with van der Waals surface area (Å²) in [6.07, 6.45) is 1.33. The summed E-state index contributed by atoms with van der Waals surface area (Å²) in [5.74, 6) is 1.49. The van der Waals surface area contributed by atoms with Crippen molar-refractivity contribution >= 4 is 41.5 Å². The van der Waals surface area contributed by atoms with E-state index in [2.05, 4.69) is 25.8 Å². The fourth-order valence-electron chi connectivity index (χ4n) is 2.59. The van der Waals surface area contributed by atoms with Crippen LogP contribution in [0.4, 0.5) is 4.39 Å². The minimum Gasteiger partial charge on any atom is -0.356 e. The van der Waals surface area contributed by atoms with Crippen LogP contribution in [0.5, 0.6) is 0 Å². The molecule has 0 aliphatic heterocycles. The van der Waals surface area contributed by atoms with Crippen molar-refractivity contribution in [2.24, 2.45) is 4.99 Å². The maximum atomic E-state index is 12.9. The Bertz CT molecular complexity index is 933. The van der Waals surface area contributed by atoms with Gasteiger partial charge in [-0.25, -0.2) is 4.39 Å². The van der Waals surface area contributed by atoms with Crippen LogP contribution in [0.1, 0.15) is 11.5 Å². The van der Waals surface area contributed by atoms with E-state index in [4.69, 9.17) is 16.1 Å². The highest BCUT2D eigenvalue weighted by atomic mass is 127. The molecule has 154 valence electrons. The molecule has 0 fully saturated rings. The SMILES string of the molecule is CN=C(NCCc1ccc(F)cc1)NCCc1nc(-c2cccc(Cl)c2)no1.I. The Labute approximate surface area is 191 Å². The van der Waals surface area contributed by atoms with E-state index in [1.807, 2.05) is 12.1 Å². The second-order valence-electron chi connectivity index (χ2n) is 6.07. The summed E-state index contributed by atoms with van der Waals surface area (Å²) in [7, 11) is 1.71. The van der Waals surface area contributed by atoms with Gasteiger partial charge in [0.1, 0.15) is 5.82 Å². The van der Waals surface area contributed by atoms with Crippen LogP contribution in [0.15, 0.2) is 58.0 Å². The second-order valence-corrected chi connectivity index (χ2v) is 6.51. The number of guanidine groups is 1. The van der Waals surface area contributed by atoms with Crippen molar-refractivity contribution in [3.05, 3.63) is 70.8 Å². The molecular formula is C20H22ClFIN5O. The summed E-state index contributed by atoms with van der Waals surface area (Å²) in [5.41, 5.74) is 1.87. The van der Waals surface area contributed by atoms with Crippen LogP contribution in [-0.4, -0.2) is 36.2 Å². The molecule has 0 aliphatic rings. The van der Waals surface area contributed by atoms with Crippen LogP contribution in [0.3, 0.4) is 0 Å². The molecule has 0 atom stereocenters. The molecule has 0 spiro atoms. The number of rotatable bonds is 7. The summed E-state index contributed by atoms with van der Waals surface area (Å²) >= 11 is 5.99. The Morgan fingerprint density at radius 1 is 1.10 bits per heavy atom. The third-order valence-electron chi connectivity index (χ3n) is 4.03. The maximum absolute atomic E-state index is 12.9. The first-order valence-corrected chi connectivity index (χ1v) is 9.29. The van der Waals surface area contributed by atoms with Crippen molar-refractivity contribution in [3.8, 4) is 11.4 Å². The standard InChI is InChI=1S/C20H21ClFN5O.HI/c1-23-20(24-11-9-14-5-7-17(22)8-6-14)25-12-10-18-26-19(27-28-18)15-3-2-4-16(21)13-15;/h2-8,13H,9-12H2,1H3,(H2,23,24,25);1H. The quantitative estimate of drug-likeness (QED) is 0.274. The molecule has 2 N–H and O–H groups in total. The zero-order valence-electron chi connectivity index (χ0n) is 15.9. The lowest BCUT2D eigenvalue weighted by Gasteiger charge is -2.11. The minimum absolute atomic E-state index is 0. The summed E-state index contributed by atoms with van der Waals surface area (Å²) in [6.45, 7) is 1.28. The van der Waals surface area contributed by atoms with E-state index in [1.165, 1.54) is 12.1 Å². The molecule has 1 aromatic heterocycles. The average Bonchev–Trinajstić information content (AvgIpc) is 3.17. The molecule has 0 radical (unpaired) electrons. The van der Waals surface area contributed by atoms with Crippen LogP contribution in [0.2, 0.25) is 5.02 Å². The van der Waals surface area contributed by atoms with Crippen molar-refractivity contribution in [2.75, 3.05) is 20.1 Å². The van der Waals surface area contributed by atoms with E-state index in [-0.39, 0.29) is 29.8 Å². The lowest BCUT2D eigenvalue weighted by Crippen LogP contribution is -2.39. The summed E-state index contributed by atoms with van der Waals surface area (Å²) < 4.78 is 18.2. The van der Waals surface area contributed by atoms with Gasteiger partial charge in [0.05, 0.1) is 0 Å². The zero-order valence-corrected chi connectivity index (χ0v) is 18.9. The van der Waals surface area contributed by atoms with Gasteiger partial charge >= 0.3 is 0 Å². The van der Waals surface area contributed by atoms with Gasteiger partial charge < -0.3 is 15.2 Å². The van der Waals surface area contributed by atoms with Gasteiger partial charge in [0.25, 0.3) is 0 Å². The molecule has 6 nitrogen and oxygen atoms in total. The molecule has 2 aromatic carbocycles. The van der Waals surface area contributed by atoms with E-state index < -0.39 is 0 Å². The first-order chi connectivity index (χ1) is 13.6. The highest BCUT2D eigenvalue weighted by Crippen LogP contribution is 2.19. The number of hydrogen-bond acceptors (Lipinski definition) is 4. The fraction of sp³-hybridized carbons (Fsp3) is 0.250. The number of halogens is 3. The van der Waals surface area contributed by atoms with E-state index in [9.17, 15) is 4.39 Å². The molecular weight excluding hydrogens is 508 g/mol. The molecule has 0 amide bonds. The minimum atomic E-state index is -0.228. The first-order valence-electron chi connectivity index (χ1n) is 8.91. The summed E-state index contributed by atoms with van der Waals surface area (Å²) in [6, 6.07) is 13.8. The Kier molecular flexibility index (Phi) is 9.33. The van der Waals surface area contributed by atoms with Crippen molar-refractivity contribution in [3.63, 3.8) is 0 Å². The molecule has 3 rings (SSSR count). The predicted octanol–water partition coefficient (Wildman–Crippen LogP) is 4.10. The van der Waals surface area contributed by atoms with Crippen molar-refractivity contribution in [1.82, 2.24) is 20.8 Å². The lowest BCUT2D eigenvalue weighted by atomic mass is 10.1. The number of aliphatic imine (C=N–C) groups is 1. The van der Waals surface area contributed by atoms with Gasteiger partial charge in [0.15, 0.2) is 5.96 Å². The number of nitrogens with one attached hydrogen (secondary N) is 2. The fourth-order valence-corrected chi connectivity index (χ4v) is 2.78. The third kappa shape index (κ3) is 7.28. The third-order valence-corrected chi connectivity index (χ3v) is 4.26. The Morgan fingerprint density at radius 3 is 2.52 bits per heavy atom. The van der Waals surface area contributed by atoms with Gasteiger partial charge in [-0.3, -0.25) is 4.99 Å². The molecule has 9 heteroatoms. The van der Waals surface area contributed by atoms with Gasteiger partial charge in [0, 0.05) is 37.1 Å². The largest absolute Gasteiger partial charge is 0.356 e. The normalized spacial score (nSPS) is 11.1. The summed E-state index contributed by atoms with van der Waals surface area (Å²) in [5, 5.41) is 11.0. The second kappa shape index (κ2) is 11.7. The molecule has 29 heavy (non-hydrogen) atoms. The molecule has 0 saturated carbocycles. The Hall–Kier alpha value is -2.20. The van der Waals surface area contributed by atoms with E-state index >= 15 is 0 Å². The van der Waals surface area contributed by atoms with Crippen molar-refractivity contribution in [2.45, 2.75) is 12.8 Å². The van der Waals surface area contributed by atoms with Crippen molar-refractivity contribution < 1.29 is 8.91 Å².